The summed E-state index contributed by atoms with van der Waals surface area (Å²) in [7, 11) is 3.85. The minimum atomic E-state index is -0.283. The largest absolute Gasteiger partial charge is 0.345 e. The Morgan fingerprint density at radius 2 is 1.75 bits per heavy atom. The van der Waals surface area contributed by atoms with Gasteiger partial charge in [0, 0.05) is 37.3 Å². The molecule has 1 saturated heterocycles. The van der Waals surface area contributed by atoms with Gasteiger partial charge in [0.05, 0.1) is 12.1 Å². The van der Waals surface area contributed by atoms with Gasteiger partial charge < -0.3 is 15.1 Å². The number of anilines is 2. The minimum Gasteiger partial charge on any atom is -0.345 e. The first-order valence-electron chi connectivity index (χ1n) is 11.7. The van der Waals surface area contributed by atoms with E-state index in [2.05, 4.69) is 53.7 Å². The van der Waals surface area contributed by atoms with Crippen molar-refractivity contribution >= 4 is 23.1 Å². The summed E-state index contributed by atoms with van der Waals surface area (Å²) < 4.78 is 0. The van der Waals surface area contributed by atoms with Crippen molar-refractivity contribution in [1.29, 1.82) is 0 Å². The number of amides is 1. The van der Waals surface area contributed by atoms with E-state index in [0.717, 1.165) is 36.3 Å². The van der Waals surface area contributed by atoms with E-state index in [4.69, 9.17) is 0 Å². The Kier molecular flexibility index (Phi) is 8.08. The number of hydrogen-bond donors (Lipinski definition) is 1. The van der Waals surface area contributed by atoms with Crippen LogP contribution in [-0.2, 0) is 9.59 Å². The fourth-order valence-electron chi connectivity index (χ4n) is 4.49. The molecule has 3 atom stereocenters. The molecule has 5 nitrogen and oxygen atoms in total. The summed E-state index contributed by atoms with van der Waals surface area (Å²) >= 11 is 0. The Bertz CT molecular complexity index is 912. The molecule has 1 heterocycles. The highest BCUT2D eigenvalue weighted by Crippen LogP contribution is 2.36. The van der Waals surface area contributed by atoms with E-state index >= 15 is 0 Å². The number of para-hydroxylation sites is 1. The second-order valence-corrected chi connectivity index (χ2v) is 9.21. The number of benzene rings is 2. The molecule has 172 valence electrons. The van der Waals surface area contributed by atoms with Gasteiger partial charge in [-0.1, -0.05) is 44.2 Å². The summed E-state index contributed by atoms with van der Waals surface area (Å²) in [5, 5.41) is 3.00. The lowest BCUT2D eigenvalue weighted by Crippen LogP contribution is -2.41. The Morgan fingerprint density at radius 1 is 1.06 bits per heavy atom. The Balaban J connectivity index is 1.81. The summed E-state index contributed by atoms with van der Waals surface area (Å²) in [6.45, 7) is 6.69. The van der Waals surface area contributed by atoms with Crippen molar-refractivity contribution in [3.8, 4) is 0 Å². The minimum absolute atomic E-state index is 0.0599. The molecule has 32 heavy (non-hydrogen) atoms. The molecule has 0 aliphatic carbocycles. The second-order valence-electron chi connectivity index (χ2n) is 9.21. The van der Waals surface area contributed by atoms with Crippen molar-refractivity contribution in [3.63, 3.8) is 0 Å². The third-order valence-electron chi connectivity index (χ3n) is 6.78. The molecule has 1 aliphatic heterocycles. The second kappa shape index (κ2) is 10.8. The average molecular weight is 436 g/mol. The summed E-state index contributed by atoms with van der Waals surface area (Å²) in [4.78, 5) is 30.4. The molecule has 0 saturated carbocycles. The smallest absolute Gasteiger partial charge is 0.226 e. The summed E-state index contributed by atoms with van der Waals surface area (Å²) in [6.07, 6.45) is 2.23. The van der Waals surface area contributed by atoms with Crippen molar-refractivity contribution in [2.24, 2.45) is 11.8 Å². The zero-order chi connectivity index (χ0) is 23.3. The van der Waals surface area contributed by atoms with E-state index in [-0.39, 0.29) is 35.6 Å². The molecular weight excluding hydrogens is 398 g/mol. The molecule has 0 unspecified atom stereocenters. The van der Waals surface area contributed by atoms with Crippen molar-refractivity contribution in [3.05, 3.63) is 60.2 Å². The van der Waals surface area contributed by atoms with E-state index in [9.17, 15) is 9.59 Å². The van der Waals surface area contributed by atoms with E-state index in [1.54, 1.807) is 7.05 Å². The molecule has 2 aromatic rings. The Morgan fingerprint density at radius 3 is 2.41 bits per heavy atom. The number of ketones is 1. The highest BCUT2D eigenvalue weighted by Gasteiger charge is 2.36. The number of likely N-dealkylation sites (tertiary alicyclic amines) is 1. The van der Waals surface area contributed by atoms with Gasteiger partial charge in [0.15, 0.2) is 0 Å². The summed E-state index contributed by atoms with van der Waals surface area (Å²) in [6, 6.07) is 18.6. The van der Waals surface area contributed by atoms with Crippen molar-refractivity contribution < 1.29 is 9.59 Å². The average Bonchev–Trinajstić information content (AvgIpc) is 3.31. The first-order valence-corrected chi connectivity index (χ1v) is 11.7. The maximum absolute atomic E-state index is 13.6. The van der Waals surface area contributed by atoms with Crippen LogP contribution in [-0.4, -0.2) is 43.3 Å². The van der Waals surface area contributed by atoms with Crippen LogP contribution in [0.15, 0.2) is 54.6 Å². The van der Waals surface area contributed by atoms with Crippen LogP contribution < -0.4 is 10.2 Å². The number of nitrogens with zero attached hydrogens (tertiary/aromatic N) is 2. The monoisotopic (exact) mass is 435 g/mol. The first kappa shape index (κ1) is 24.0. The SMILES string of the molecule is CN[C@@H](C)C(=O)C[C@H](C(=O)N1CCC[C@H]1c1cccc(N(C)c2ccccc2)c1)C(C)C. The summed E-state index contributed by atoms with van der Waals surface area (Å²) in [5.41, 5.74) is 3.39. The molecule has 2 aromatic carbocycles. The quantitative estimate of drug-likeness (QED) is 0.605. The van der Waals surface area contributed by atoms with Crippen LogP contribution in [0, 0.1) is 11.8 Å². The van der Waals surface area contributed by atoms with E-state index < -0.39 is 0 Å². The molecular formula is C27H37N3O2. The molecule has 0 bridgehead atoms. The predicted octanol–water partition coefficient (Wildman–Crippen LogP) is 4.96. The van der Waals surface area contributed by atoms with Gasteiger partial charge in [-0.15, -0.1) is 0 Å². The van der Waals surface area contributed by atoms with Crippen LogP contribution in [0.5, 0.6) is 0 Å². The number of hydrogen-bond acceptors (Lipinski definition) is 4. The number of likely N-dealkylation sites (N-methyl/N-ethyl adjacent to an activating group) is 1. The van der Waals surface area contributed by atoms with Crippen LogP contribution in [0.4, 0.5) is 11.4 Å². The molecule has 1 N–H and O–H groups in total. The maximum Gasteiger partial charge on any atom is 0.226 e. The molecule has 5 heteroatoms. The predicted molar refractivity (Wildman–Crippen MR) is 131 cm³/mol. The molecule has 0 spiro atoms. The zero-order valence-corrected chi connectivity index (χ0v) is 20.0. The molecule has 0 radical (unpaired) electrons. The van der Waals surface area contributed by atoms with Crippen molar-refractivity contribution in [2.75, 3.05) is 25.5 Å². The first-order chi connectivity index (χ1) is 15.3. The normalized spacial score (nSPS) is 17.9. The topological polar surface area (TPSA) is 52.7 Å². The van der Waals surface area contributed by atoms with Gasteiger partial charge >= 0.3 is 0 Å². The van der Waals surface area contributed by atoms with Gasteiger partial charge in [0.1, 0.15) is 5.78 Å². The zero-order valence-electron chi connectivity index (χ0n) is 20.0. The van der Waals surface area contributed by atoms with E-state index in [1.807, 2.05) is 43.9 Å². The lowest BCUT2D eigenvalue weighted by atomic mass is 9.87. The number of rotatable bonds is 9. The third kappa shape index (κ3) is 5.39. The molecule has 1 fully saturated rings. The fraction of sp³-hybridized carbons (Fsp3) is 0.481. The summed E-state index contributed by atoms with van der Waals surface area (Å²) in [5.74, 6) is 0.0455. The van der Waals surface area contributed by atoms with Gasteiger partial charge in [-0.2, -0.15) is 0 Å². The van der Waals surface area contributed by atoms with Crippen LogP contribution in [0.2, 0.25) is 0 Å². The lowest BCUT2D eigenvalue weighted by molar-refractivity contribution is -0.140. The number of nitrogens with one attached hydrogen (secondary N) is 1. The third-order valence-corrected chi connectivity index (χ3v) is 6.78. The highest BCUT2D eigenvalue weighted by molar-refractivity contribution is 5.90. The van der Waals surface area contributed by atoms with Crippen LogP contribution in [0.1, 0.15) is 51.6 Å². The highest BCUT2D eigenvalue weighted by atomic mass is 16.2. The number of Topliss-reactive ketones (excluding diaryl/α,β-unsaturated/α-hetero) is 1. The van der Waals surface area contributed by atoms with E-state index in [1.165, 1.54) is 0 Å². The van der Waals surface area contributed by atoms with Crippen molar-refractivity contribution in [1.82, 2.24) is 10.2 Å². The van der Waals surface area contributed by atoms with Crippen LogP contribution in [0.25, 0.3) is 0 Å². The van der Waals surface area contributed by atoms with Gasteiger partial charge in [-0.3, -0.25) is 9.59 Å². The Hall–Kier alpha value is -2.66. The Labute approximate surface area is 192 Å². The molecule has 1 aliphatic rings. The molecule has 0 aromatic heterocycles. The van der Waals surface area contributed by atoms with Crippen LogP contribution >= 0.6 is 0 Å². The van der Waals surface area contributed by atoms with E-state index in [0.29, 0.717) is 6.42 Å². The van der Waals surface area contributed by atoms with Crippen LogP contribution in [0.3, 0.4) is 0 Å². The van der Waals surface area contributed by atoms with Gasteiger partial charge in [0.25, 0.3) is 0 Å². The standard InChI is InChI=1S/C27H37N3O2/c1-19(2)24(18-26(31)20(3)28-4)27(32)30-16-10-15-25(30)21-11-9-14-23(17-21)29(5)22-12-7-6-8-13-22/h6-9,11-14,17,19-20,24-25,28H,10,15-16,18H2,1-5H3/t20-,24-,25-/m0/s1. The number of carbonyl (C=O) groups excluding carboxylic acids is 2. The van der Waals surface area contributed by atoms with Crippen molar-refractivity contribution in [2.45, 2.75) is 52.1 Å². The number of carbonyl (C=O) groups is 2. The van der Waals surface area contributed by atoms with Gasteiger partial charge in [-0.05, 0) is 62.6 Å². The molecule has 1 amide bonds. The fourth-order valence-corrected chi connectivity index (χ4v) is 4.49. The molecule has 3 rings (SSSR count). The lowest BCUT2D eigenvalue weighted by Gasteiger charge is -2.31. The van der Waals surface area contributed by atoms with Gasteiger partial charge in [0.2, 0.25) is 5.91 Å². The van der Waals surface area contributed by atoms with Gasteiger partial charge in [-0.25, -0.2) is 0 Å². The maximum atomic E-state index is 13.6.